The Morgan fingerprint density at radius 3 is 2.70 bits per heavy atom. The van der Waals surface area contributed by atoms with Gasteiger partial charge in [0.05, 0.1) is 0 Å². The van der Waals surface area contributed by atoms with E-state index in [1.165, 1.54) is 0 Å². The van der Waals surface area contributed by atoms with Gasteiger partial charge in [0.1, 0.15) is 0 Å². The van der Waals surface area contributed by atoms with Crippen molar-refractivity contribution in [1.82, 2.24) is 15.2 Å². The van der Waals surface area contributed by atoms with Crippen LogP contribution in [0.2, 0.25) is 0 Å². The van der Waals surface area contributed by atoms with Gasteiger partial charge in [-0.15, -0.1) is 0 Å². The van der Waals surface area contributed by atoms with Crippen molar-refractivity contribution >= 4 is 11.8 Å². The number of carbonyl (C=O) groups is 2. The third-order valence-corrected chi connectivity index (χ3v) is 4.39. The third-order valence-electron chi connectivity index (χ3n) is 4.39. The van der Waals surface area contributed by atoms with Crippen molar-refractivity contribution in [3.05, 3.63) is 30.1 Å². The van der Waals surface area contributed by atoms with Crippen LogP contribution < -0.4 is 5.32 Å². The maximum Gasteiger partial charge on any atom is 0.253 e. The van der Waals surface area contributed by atoms with Gasteiger partial charge >= 0.3 is 0 Å². The van der Waals surface area contributed by atoms with E-state index in [0.29, 0.717) is 18.5 Å². The Balaban J connectivity index is 1.69. The minimum Gasteiger partial charge on any atom is -0.351 e. The lowest BCUT2D eigenvalue weighted by Crippen LogP contribution is -2.42. The molecule has 2 saturated heterocycles. The molecular weight excluding hydrogens is 254 g/mol. The number of pyridine rings is 1. The Labute approximate surface area is 118 Å². The summed E-state index contributed by atoms with van der Waals surface area (Å²) >= 11 is 0. The van der Waals surface area contributed by atoms with Crippen LogP contribution in [0, 0.1) is 0 Å². The van der Waals surface area contributed by atoms with E-state index in [0.717, 1.165) is 32.2 Å². The zero-order valence-electron chi connectivity index (χ0n) is 11.5. The maximum atomic E-state index is 12.4. The third kappa shape index (κ3) is 2.53. The molecule has 0 unspecified atom stereocenters. The predicted octanol–water partition coefficient (Wildman–Crippen LogP) is 1.36. The SMILES string of the molecule is O=C1CC[C@@]2(CCCN(C(=O)c3ccncc3)CC2)N1. The minimum atomic E-state index is -0.0651. The molecule has 0 radical (unpaired) electrons. The van der Waals surface area contributed by atoms with Crippen LogP contribution in [-0.4, -0.2) is 40.3 Å². The van der Waals surface area contributed by atoms with E-state index in [4.69, 9.17) is 0 Å². The van der Waals surface area contributed by atoms with Crippen LogP contribution in [-0.2, 0) is 4.79 Å². The summed E-state index contributed by atoms with van der Waals surface area (Å²) in [7, 11) is 0. The van der Waals surface area contributed by atoms with E-state index in [1.54, 1.807) is 24.5 Å². The Morgan fingerprint density at radius 1 is 1.20 bits per heavy atom. The Kier molecular flexibility index (Phi) is 3.42. The molecule has 1 aromatic heterocycles. The maximum absolute atomic E-state index is 12.4. The fourth-order valence-corrected chi connectivity index (χ4v) is 3.22. The van der Waals surface area contributed by atoms with Crippen LogP contribution in [0.4, 0.5) is 0 Å². The normalized spacial score (nSPS) is 26.4. The summed E-state index contributed by atoms with van der Waals surface area (Å²) in [5, 5.41) is 3.12. The molecule has 0 aromatic carbocycles. The topological polar surface area (TPSA) is 62.3 Å². The molecule has 2 fully saturated rings. The first-order valence-corrected chi connectivity index (χ1v) is 7.19. The average molecular weight is 273 g/mol. The summed E-state index contributed by atoms with van der Waals surface area (Å²) in [6.07, 6.45) is 7.58. The van der Waals surface area contributed by atoms with Gasteiger partial charge in [-0.1, -0.05) is 0 Å². The molecule has 1 N–H and O–H groups in total. The van der Waals surface area contributed by atoms with Crippen molar-refractivity contribution in [2.24, 2.45) is 0 Å². The lowest BCUT2D eigenvalue weighted by atomic mass is 9.89. The van der Waals surface area contributed by atoms with Gasteiger partial charge in [-0.05, 0) is 37.8 Å². The van der Waals surface area contributed by atoms with Gasteiger partial charge in [0, 0.05) is 43.0 Å². The van der Waals surface area contributed by atoms with Crippen molar-refractivity contribution in [2.75, 3.05) is 13.1 Å². The summed E-state index contributed by atoms with van der Waals surface area (Å²) < 4.78 is 0. The first-order valence-electron chi connectivity index (χ1n) is 7.19. The number of carbonyl (C=O) groups excluding carboxylic acids is 2. The standard InChI is InChI=1S/C15H19N3O2/c19-13-2-6-15(17-13)5-1-10-18(11-7-15)14(20)12-3-8-16-9-4-12/h3-4,8-9H,1-2,5-7,10-11H2,(H,17,19)/t15-/m1/s1. The number of hydrogen-bond donors (Lipinski definition) is 1. The minimum absolute atomic E-state index is 0.0637. The summed E-state index contributed by atoms with van der Waals surface area (Å²) in [5.41, 5.74) is 0.621. The van der Waals surface area contributed by atoms with E-state index in [-0.39, 0.29) is 17.4 Å². The number of nitrogens with zero attached hydrogens (tertiary/aromatic N) is 2. The molecule has 106 valence electrons. The first kappa shape index (κ1) is 13.1. The lowest BCUT2D eigenvalue weighted by Gasteiger charge is -2.27. The largest absolute Gasteiger partial charge is 0.351 e. The molecule has 20 heavy (non-hydrogen) atoms. The first-order chi connectivity index (χ1) is 9.69. The molecule has 1 spiro atoms. The number of likely N-dealkylation sites (tertiary alicyclic amines) is 1. The Bertz CT molecular complexity index is 517. The van der Waals surface area contributed by atoms with Gasteiger partial charge in [0.15, 0.2) is 0 Å². The second-order valence-corrected chi connectivity index (χ2v) is 5.71. The number of nitrogens with one attached hydrogen (secondary N) is 1. The summed E-state index contributed by atoms with van der Waals surface area (Å²) in [5.74, 6) is 0.215. The number of aromatic nitrogens is 1. The Morgan fingerprint density at radius 2 is 2.00 bits per heavy atom. The molecule has 2 aliphatic rings. The molecule has 2 amide bonds. The molecule has 1 aromatic rings. The number of amides is 2. The molecule has 0 bridgehead atoms. The van der Waals surface area contributed by atoms with Gasteiger partial charge in [-0.3, -0.25) is 14.6 Å². The van der Waals surface area contributed by atoms with Crippen LogP contribution >= 0.6 is 0 Å². The van der Waals surface area contributed by atoms with E-state index in [1.807, 2.05) is 4.90 Å². The molecule has 1 atom stereocenters. The van der Waals surface area contributed by atoms with E-state index in [2.05, 4.69) is 10.3 Å². The van der Waals surface area contributed by atoms with Crippen LogP contribution in [0.25, 0.3) is 0 Å². The molecular formula is C15H19N3O2. The summed E-state index contributed by atoms with van der Waals surface area (Å²) in [4.78, 5) is 29.7. The monoisotopic (exact) mass is 273 g/mol. The van der Waals surface area contributed by atoms with E-state index >= 15 is 0 Å². The highest BCUT2D eigenvalue weighted by atomic mass is 16.2. The van der Waals surface area contributed by atoms with E-state index < -0.39 is 0 Å². The van der Waals surface area contributed by atoms with Crippen molar-refractivity contribution in [2.45, 2.75) is 37.6 Å². The second-order valence-electron chi connectivity index (χ2n) is 5.71. The van der Waals surface area contributed by atoms with Gasteiger partial charge in [0.25, 0.3) is 5.91 Å². The van der Waals surface area contributed by atoms with Gasteiger partial charge in [-0.25, -0.2) is 0 Å². The molecule has 5 nitrogen and oxygen atoms in total. The average Bonchev–Trinajstić information content (AvgIpc) is 2.71. The highest BCUT2D eigenvalue weighted by Gasteiger charge is 2.39. The quantitative estimate of drug-likeness (QED) is 0.840. The zero-order valence-corrected chi connectivity index (χ0v) is 11.5. The number of rotatable bonds is 1. The van der Waals surface area contributed by atoms with E-state index in [9.17, 15) is 9.59 Å². The van der Waals surface area contributed by atoms with Gasteiger partial charge < -0.3 is 10.2 Å². The molecule has 5 heteroatoms. The fraction of sp³-hybridized carbons (Fsp3) is 0.533. The predicted molar refractivity (Wildman–Crippen MR) is 74.1 cm³/mol. The van der Waals surface area contributed by atoms with Crippen LogP contribution in [0.5, 0.6) is 0 Å². The second kappa shape index (κ2) is 5.23. The molecule has 2 aliphatic heterocycles. The molecule has 3 rings (SSSR count). The summed E-state index contributed by atoms with van der Waals surface area (Å²) in [6, 6.07) is 3.50. The van der Waals surface area contributed by atoms with Crippen LogP contribution in [0.15, 0.2) is 24.5 Å². The van der Waals surface area contributed by atoms with Crippen LogP contribution in [0.1, 0.15) is 42.5 Å². The summed E-state index contributed by atoms with van der Waals surface area (Å²) in [6.45, 7) is 1.47. The van der Waals surface area contributed by atoms with Crippen LogP contribution in [0.3, 0.4) is 0 Å². The molecule has 3 heterocycles. The smallest absolute Gasteiger partial charge is 0.253 e. The van der Waals surface area contributed by atoms with Gasteiger partial charge in [0.2, 0.25) is 5.91 Å². The zero-order chi connectivity index (χ0) is 14.0. The molecule has 0 aliphatic carbocycles. The fourth-order valence-electron chi connectivity index (χ4n) is 3.22. The highest BCUT2D eigenvalue weighted by molar-refractivity contribution is 5.94. The van der Waals surface area contributed by atoms with Gasteiger partial charge in [-0.2, -0.15) is 0 Å². The number of hydrogen-bond acceptors (Lipinski definition) is 3. The van der Waals surface area contributed by atoms with Crippen molar-refractivity contribution < 1.29 is 9.59 Å². The lowest BCUT2D eigenvalue weighted by molar-refractivity contribution is -0.119. The Hall–Kier alpha value is -1.91. The molecule has 0 saturated carbocycles. The van der Waals surface area contributed by atoms with Crippen molar-refractivity contribution in [1.29, 1.82) is 0 Å². The highest BCUT2D eigenvalue weighted by Crippen LogP contribution is 2.31. The van der Waals surface area contributed by atoms with Crippen molar-refractivity contribution in [3.63, 3.8) is 0 Å². The van der Waals surface area contributed by atoms with Crippen molar-refractivity contribution in [3.8, 4) is 0 Å².